The molecule has 1 aromatic heterocycles. The molecule has 1 saturated heterocycles. The number of nitrogens with zero attached hydrogens (tertiary/aromatic N) is 3. The lowest BCUT2D eigenvalue weighted by Crippen LogP contribution is -2.37. The summed E-state index contributed by atoms with van der Waals surface area (Å²) >= 11 is 5.20. The molecular formula is C24H26N4O2S. The van der Waals surface area contributed by atoms with Gasteiger partial charge in [-0.3, -0.25) is 9.89 Å². The van der Waals surface area contributed by atoms with E-state index >= 15 is 0 Å². The number of piperidine rings is 1. The molecule has 0 atom stereocenters. The van der Waals surface area contributed by atoms with E-state index in [4.69, 9.17) is 17.0 Å². The Morgan fingerprint density at radius 1 is 1.19 bits per heavy atom. The van der Waals surface area contributed by atoms with Gasteiger partial charge in [-0.2, -0.15) is 5.10 Å². The summed E-state index contributed by atoms with van der Waals surface area (Å²) in [7, 11) is 1.93. The summed E-state index contributed by atoms with van der Waals surface area (Å²) in [4.78, 5) is 14.5. The Morgan fingerprint density at radius 2 is 1.97 bits per heavy atom. The van der Waals surface area contributed by atoms with E-state index in [2.05, 4.69) is 10.2 Å². The van der Waals surface area contributed by atoms with Crippen LogP contribution in [-0.2, 0) is 18.4 Å². The molecule has 6 nitrogen and oxygen atoms in total. The molecule has 0 saturated carbocycles. The molecule has 4 rings (SSSR count). The minimum absolute atomic E-state index is 0.0319. The highest BCUT2D eigenvalue weighted by Crippen LogP contribution is 2.26. The van der Waals surface area contributed by atoms with Gasteiger partial charge in [-0.1, -0.05) is 42.5 Å². The smallest absolute Gasteiger partial charge is 0.246 e. The summed E-state index contributed by atoms with van der Waals surface area (Å²) in [5.74, 6) is 2.11. The molecule has 0 aliphatic carbocycles. The molecule has 31 heavy (non-hydrogen) atoms. The molecule has 1 fully saturated rings. The molecule has 7 heteroatoms. The third kappa shape index (κ3) is 5.30. The fourth-order valence-electron chi connectivity index (χ4n) is 3.80. The van der Waals surface area contributed by atoms with Gasteiger partial charge in [0.1, 0.15) is 18.2 Å². The van der Waals surface area contributed by atoms with Gasteiger partial charge in [0, 0.05) is 32.1 Å². The highest BCUT2D eigenvalue weighted by molar-refractivity contribution is 7.71. The maximum absolute atomic E-state index is 12.6. The molecule has 160 valence electrons. The molecule has 1 aliphatic rings. The van der Waals surface area contributed by atoms with Gasteiger partial charge in [-0.25, -0.2) is 0 Å². The Hall–Kier alpha value is -3.19. The number of rotatable bonds is 6. The van der Waals surface area contributed by atoms with Crippen LogP contribution in [0.25, 0.3) is 6.08 Å². The maximum Gasteiger partial charge on any atom is 0.246 e. The third-order valence-corrected chi connectivity index (χ3v) is 5.98. The van der Waals surface area contributed by atoms with Crippen molar-refractivity contribution < 1.29 is 9.53 Å². The molecule has 0 spiro atoms. The number of amides is 1. The largest absolute Gasteiger partial charge is 0.489 e. The fourth-order valence-corrected chi connectivity index (χ4v) is 3.94. The lowest BCUT2D eigenvalue weighted by atomic mass is 9.96. The zero-order chi connectivity index (χ0) is 21.6. The first-order valence-corrected chi connectivity index (χ1v) is 10.9. The van der Waals surface area contributed by atoms with Crippen molar-refractivity contribution in [1.82, 2.24) is 19.7 Å². The van der Waals surface area contributed by atoms with Crippen LogP contribution < -0.4 is 4.74 Å². The number of hydrogen-bond acceptors (Lipinski definition) is 4. The minimum atomic E-state index is 0.0319. The first-order valence-electron chi connectivity index (χ1n) is 10.5. The van der Waals surface area contributed by atoms with E-state index in [1.165, 1.54) is 0 Å². The second kappa shape index (κ2) is 9.75. The summed E-state index contributed by atoms with van der Waals surface area (Å²) in [6, 6.07) is 17.8. The van der Waals surface area contributed by atoms with E-state index in [1.807, 2.05) is 77.2 Å². The lowest BCUT2D eigenvalue weighted by molar-refractivity contribution is -0.127. The second-order valence-electron chi connectivity index (χ2n) is 7.73. The van der Waals surface area contributed by atoms with Gasteiger partial charge in [0.15, 0.2) is 4.77 Å². The van der Waals surface area contributed by atoms with E-state index in [0.29, 0.717) is 30.4 Å². The first kappa shape index (κ1) is 21.1. The van der Waals surface area contributed by atoms with Crippen LogP contribution >= 0.6 is 12.2 Å². The van der Waals surface area contributed by atoms with Gasteiger partial charge in [0.25, 0.3) is 0 Å². The van der Waals surface area contributed by atoms with Crippen molar-refractivity contribution in [3.63, 3.8) is 0 Å². The number of likely N-dealkylation sites (tertiary alicyclic amines) is 1. The third-order valence-electron chi connectivity index (χ3n) is 5.61. The molecule has 0 unspecified atom stereocenters. The van der Waals surface area contributed by atoms with Gasteiger partial charge in [-0.05, 0) is 54.4 Å². The first-order chi connectivity index (χ1) is 15.1. The van der Waals surface area contributed by atoms with Crippen LogP contribution in [-0.4, -0.2) is 38.7 Å². The second-order valence-corrected chi connectivity index (χ2v) is 8.11. The van der Waals surface area contributed by atoms with Crippen LogP contribution in [0, 0.1) is 4.77 Å². The van der Waals surface area contributed by atoms with E-state index in [9.17, 15) is 4.79 Å². The zero-order valence-electron chi connectivity index (χ0n) is 17.5. The molecule has 2 aromatic carbocycles. The fraction of sp³-hybridized carbons (Fsp3) is 0.292. The number of benzene rings is 2. The molecule has 0 bridgehead atoms. The lowest BCUT2D eigenvalue weighted by Gasteiger charge is -2.30. The van der Waals surface area contributed by atoms with E-state index in [0.717, 1.165) is 35.5 Å². The van der Waals surface area contributed by atoms with Crippen molar-refractivity contribution in [2.75, 3.05) is 13.1 Å². The summed E-state index contributed by atoms with van der Waals surface area (Å²) in [6.07, 6.45) is 5.26. The number of carbonyl (C=O) groups excluding carboxylic acids is 1. The average molecular weight is 435 g/mol. The number of aromatic amines is 1. The summed E-state index contributed by atoms with van der Waals surface area (Å²) in [5.41, 5.74) is 2.06. The molecule has 1 N–H and O–H groups in total. The monoisotopic (exact) mass is 434 g/mol. The van der Waals surface area contributed by atoms with E-state index in [1.54, 1.807) is 6.08 Å². The van der Waals surface area contributed by atoms with Gasteiger partial charge >= 0.3 is 0 Å². The quantitative estimate of drug-likeness (QED) is 0.459. The predicted octanol–water partition coefficient (Wildman–Crippen LogP) is 4.48. The van der Waals surface area contributed by atoms with Crippen molar-refractivity contribution in [2.24, 2.45) is 7.05 Å². The number of H-pyrrole nitrogens is 1. The van der Waals surface area contributed by atoms with Crippen molar-refractivity contribution in [1.29, 1.82) is 0 Å². The van der Waals surface area contributed by atoms with Crippen LogP contribution in [0.15, 0.2) is 60.7 Å². The van der Waals surface area contributed by atoms with E-state index < -0.39 is 0 Å². The van der Waals surface area contributed by atoms with Gasteiger partial charge < -0.3 is 14.2 Å². The molecular weight excluding hydrogens is 408 g/mol. The number of nitrogens with one attached hydrogen (secondary N) is 1. The van der Waals surface area contributed by atoms with Crippen LogP contribution in [0.3, 0.4) is 0 Å². The summed E-state index contributed by atoms with van der Waals surface area (Å²) < 4.78 is 8.43. The Morgan fingerprint density at radius 3 is 2.68 bits per heavy atom. The molecule has 0 radical (unpaired) electrons. The number of aromatic nitrogens is 3. The highest BCUT2D eigenvalue weighted by atomic mass is 32.1. The van der Waals surface area contributed by atoms with Crippen LogP contribution in [0.1, 0.15) is 35.7 Å². The van der Waals surface area contributed by atoms with Gasteiger partial charge in [0.05, 0.1) is 0 Å². The Kier molecular flexibility index (Phi) is 6.62. The van der Waals surface area contributed by atoms with Crippen LogP contribution in [0.2, 0.25) is 0 Å². The standard InChI is InChI=1S/C24H26N4O2S/c1-27-23(25-26-24(27)31)20-12-14-28(15-13-20)22(29)11-10-18-8-5-9-21(16-18)30-17-19-6-3-2-4-7-19/h2-11,16,20H,12-15,17H2,1H3,(H,26,31)/b11-10+. The Bertz CT molecular complexity index is 1110. The SMILES string of the molecule is Cn1c(C2CCN(C(=O)/C=C/c3cccc(OCc4ccccc4)c3)CC2)n[nH]c1=S. The molecule has 1 aliphatic heterocycles. The number of ether oxygens (including phenoxy) is 1. The molecule has 1 amide bonds. The van der Waals surface area contributed by atoms with Crippen molar-refractivity contribution in [3.05, 3.63) is 82.4 Å². The molecule has 3 aromatic rings. The normalized spacial score (nSPS) is 14.8. The van der Waals surface area contributed by atoms with Crippen LogP contribution in [0.4, 0.5) is 0 Å². The van der Waals surface area contributed by atoms with Gasteiger partial charge in [-0.15, -0.1) is 0 Å². The predicted molar refractivity (Wildman–Crippen MR) is 123 cm³/mol. The topological polar surface area (TPSA) is 63.1 Å². The number of carbonyl (C=O) groups is 1. The summed E-state index contributed by atoms with van der Waals surface area (Å²) in [6.45, 7) is 1.95. The van der Waals surface area contributed by atoms with Crippen molar-refractivity contribution in [2.45, 2.75) is 25.4 Å². The number of hydrogen-bond donors (Lipinski definition) is 1. The maximum atomic E-state index is 12.6. The van der Waals surface area contributed by atoms with Crippen molar-refractivity contribution >= 4 is 24.2 Å². The molecule has 2 heterocycles. The van der Waals surface area contributed by atoms with E-state index in [-0.39, 0.29) is 5.91 Å². The Balaban J connectivity index is 1.31. The van der Waals surface area contributed by atoms with Crippen LogP contribution in [0.5, 0.6) is 5.75 Å². The Labute approximate surface area is 187 Å². The van der Waals surface area contributed by atoms with Crippen molar-refractivity contribution in [3.8, 4) is 5.75 Å². The highest BCUT2D eigenvalue weighted by Gasteiger charge is 2.25. The minimum Gasteiger partial charge on any atom is -0.489 e. The van der Waals surface area contributed by atoms with Gasteiger partial charge in [0.2, 0.25) is 5.91 Å². The zero-order valence-corrected chi connectivity index (χ0v) is 18.3. The average Bonchev–Trinajstić information content (AvgIpc) is 3.15. The summed E-state index contributed by atoms with van der Waals surface area (Å²) in [5, 5.41) is 7.19.